The standard InChI is InChI=1S/C6H9IN2S/c1-3-4(2)5-8-6(7)9-10-5/h4H,3H2,1-2H3. The molecule has 0 saturated carbocycles. The number of rotatable bonds is 2. The molecule has 1 unspecified atom stereocenters. The van der Waals surface area contributed by atoms with E-state index in [9.17, 15) is 0 Å². The van der Waals surface area contributed by atoms with Gasteiger partial charge in [-0.25, -0.2) is 4.98 Å². The first-order valence-electron chi connectivity index (χ1n) is 3.23. The Hall–Kier alpha value is 0.290. The van der Waals surface area contributed by atoms with Crippen molar-refractivity contribution in [1.82, 2.24) is 9.36 Å². The minimum Gasteiger partial charge on any atom is -0.215 e. The highest BCUT2D eigenvalue weighted by Crippen LogP contribution is 2.20. The van der Waals surface area contributed by atoms with Crippen molar-refractivity contribution in [3.8, 4) is 0 Å². The first kappa shape index (κ1) is 8.39. The van der Waals surface area contributed by atoms with E-state index in [0.29, 0.717) is 5.92 Å². The molecule has 1 heterocycles. The van der Waals surface area contributed by atoms with E-state index in [1.807, 2.05) is 0 Å². The first-order chi connectivity index (χ1) is 4.74. The largest absolute Gasteiger partial charge is 0.215 e. The van der Waals surface area contributed by atoms with Crippen LogP contribution >= 0.6 is 34.1 Å². The van der Waals surface area contributed by atoms with Crippen LogP contribution in [0.3, 0.4) is 0 Å². The fourth-order valence-corrected chi connectivity index (χ4v) is 1.99. The summed E-state index contributed by atoms with van der Waals surface area (Å²) in [6, 6.07) is 0. The van der Waals surface area contributed by atoms with Crippen molar-refractivity contribution in [1.29, 1.82) is 0 Å². The molecule has 56 valence electrons. The number of halogens is 1. The van der Waals surface area contributed by atoms with Gasteiger partial charge in [0, 0.05) is 28.5 Å². The molecule has 1 atom stereocenters. The van der Waals surface area contributed by atoms with Gasteiger partial charge < -0.3 is 0 Å². The lowest BCUT2D eigenvalue weighted by Crippen LogP contribution is -1.88. The van der Waals surface area contributed by atoms with Crippen molar-refractivity contribution >= 4 is 34.1 Å². The fourth-order valence-electron chi connectivity index (χ4n) is 0.591. The van der Waals surface area contributed by atoms with Crippen LogP contribution in [-0.2, 0) is 0 Å². The van der Waals surface area contributed by atoms with Crippen LogP contribution in [-0.4, -0.2) is 9.36 Å². The molecule has 0 spiro atoms. The molecular weight excluding hydrogens is 259 g/mol. The third-order valence-corrected chi connectivity index (χ3v) is 3.21. The molecule has 2 nitrogen and oxygen atoms in total. The molecule has 0 fully saturated rings. The van der Waals surface area contributed by atoms with E-state index in [2.05, 4.69) is 45.8 Å². The lowest BCUT2D eigenvalue weighted by Gasteiger charge is -1.99. The molecule has 0 aromatic carbocycles. The normalized spacial score (nSPS) is 13.5. The Balaban J connectivity index is 2.74. The lowest BCUT2D eigenvalue weighted by atomic mass is 10.1. The van der Waals surface area contributed by atoms with Crippen LogP contribution in [0.15, 0.2) is 0 Å². The van der Waals surface area contributed by atoms with Gasteiger partial charge in [0.05, 0.1) is 0 Å². The average molecular weight is 268 g/mol. The van der Waals surface area contributed by atoms with Crippen molar-refractivity contribution in [3.05, 3.63) is 8.84 Å². The maximum atomic E-state index is 4.28. The van der Waals surface area contributed by atoms with E-state index >= 15 is 0 Å². The predicted octanol–water partition coefficient (Wildman–Crippen LogP) is 2.66. The van der Waals surface area contributed by atoms with E-state index in [4.69, 9.17) is 0 Å². The monoisotopic (exact) mass is 268 g/mol. The molecule has 1 rings (SSSR count). The summed E-state index contributed by atoms with van der Waals surface area (Å²) in [4.78, 5) is 4.28. The molecule has 1 aromatic rings. The SMILES string of the molecule is CCC(C)c1nc(I)ns1. The Bertz CT molecular complexity index is 211. The second-order valence-electron chi connectivity index (χ2n) is 2.21. The molecule has 10 heavy (non-hydrogen) atoms. The number of hydrogen-bond donors (Lipinski definition) is 0. The van der Waals surface area contributed by atoms with Crippen molar-refractivity contribution in [2.24, 2.45) is 0 Å². The minimum absolute atomic E-state index is 0.570. The van der Waals surface area contributed by atoms with E-state index < -0.39 is 0 Å². The second-order valence-corrected chi connectivity index (χ2v) is 3.96. The van der Waals surface area contributed by atoms with Gasteiger partial charge in [-0.2, -0.15) is 4.37 Å². The van der Waals surface area contributed by atoms with Crippen LogP contribution in [0, 0.1) is 3.83 Å². The zero-order chi connectivity index (χ0) is 7.56. The zero-order valence-corrected chi connectivity index (χ0v) is 8.94. The van der Waals surface area contributed by atoms with Gasteiger partial charge in [-0.05, 0) is 18.0 Å². The summed E-state index contributed by atoms with van der Waals surface area (Å²) < 4.78 is 4.98. The van der Waals surface area contributed by atoms with Crippen molar-refractivity contribution in [2.75, 3.05) is 0 Å². The second kappa shape index (κ2) is 3.61. The Morgan fingerprint density at radius 3 is 2.80 bits per heavy atom. The maximum Gasteiger partial charge on any atom is 0.203 e. The Kier molecular flexibility index (Phi) is 3.03. The van der Waals surface area contributed by atoms with Gasteiger partial charge in [0.15, 0.2) is 0 Å². The molecule has 0 aliphatic rings. The molecule has 0 saturated heterocycles. The Morgan fingerprint density at radius 2 is 2.40 bits per heavy atom. The average Bonchev–Trinajstić information content (AvgIpc) is 2.34. The quantitative estimate of drug-likeness (QED) is 0.770. The zero-order valence-electron chi connectivity index (χ0n) is 5.97. The van der Waals surface area contributed by atoms with E-state index in [-0.39, 0.29) is 0 Å². The summed E-state index contributed by atoms with van der Waals surface area (Å²) in [6.45, 7) is 4.34. The van der Waals surface area contributed by atoms with Gasteiger partial charge in [0.1, 0.15) is 5.01 Å². The molecule has 0 amide bonds. The van der Waals surface area contributed by atoms with E-state index in [1.54, 1.807) is 0 Å². The molecule has 0 N–H and O–H groups in total. The van der Waals surface area contributed by atoms with Crippen LogP contribution in [0.4, 0.5) is 0 Å². The summed E-state index contributed by atoms with van der Waals surface area (Å²) in [5.41, 5.74) is 0. The van der Waals surface area contributed by atoms with Crippen LogP contribution < -0.4 is 0 Å². The third kappa shape index (κ3) is 1.88. The molecule has 0 aliphatic heterocycles. The van der Waals surface area contributed by atoms with Gasteiger partial charge in [0.2, 0.25) is 3.83 Å². The molecule has 0 radical (unpaired) electrons. The third-order valence-electron chi connectivity index (χ3n) is 1.45. The van der Waals surface area contributed by atoms with Gasteiger partial charge in [-0.3, -0.25) is 0 Å². The summed E-state index contributed by atoms with van der Waals surface area (Å²) in [5.74, 6) is 0.570. The fraction of sp³-hybridized carbons (Fsp3) is 0.667. The molecular formula is C6H9IN2S. The molecule has 0 aliphatic carbocycles. The van der Waals surface area contributed by atoms with Crippen molar-refractivity contribution in [3.63, 3.8) is 0 Å². The van der Waals surface area contributed by atoms with E-state index in [0.717, 1.165) is 15.3 Å². The minimum atomic E-state index is 0.570. The highest BCUT2D eigenvalue weighted by atomic mass is 127. The highest BCUT2D eigenvalue weighted by Gasteiger charge is 2.07. The Labute approximate surface area is 78.4 Å². The number of nitrogens with zero attached hydrogens (tertiary/aromatic N) is 2. The van der Waals surface area contributed by atoms with Crippen LogP contribution in [0.1, 0.15) is 31.2 Å². The number of aromatic nitrogens is 2. The maximum absolute atomic E-state index is 4.28. The van der Waals surface area contributed by atoms with Gasteiger partial charge in [-0.1, -0.05) is 13.8 Å². The number of hydrogen-bond acceptors (Lipinski definition) is 3. The van der Waals surface area contributed by atoms with Gasteiger partial charge in [-0.15, -0.1) is 0 Å². The van der Waals surface area contributed by atoms with Crippen LogP contribution in [0.5, 0.6) is 0 Å². The summed E-state index contributed by atoms with van der Waals surface area (Å²) in [7, 11) is 0. The highest BCUT2D eigenvalue weighted by molar-refractivity contribution is 14.1. The topological polar surface area (TPSA) is 25.8 Å². The van der Waals surface area contributed by atoms with Crippen molar-refractivity contribution < 1.29 is 0 Å². The van der Waals surface area contributed by atoms with Crippen LogP contribution in [0.25, 0.3) is 0 Å². The van der Waals surface area contributed by atoms with Crippen LogP contribution in [0.2, 0.25) is 0 Å². The van der Waals surface area contributed by atoms with Gasteiger partial charge >= 0.3 is 0 Å². The van der Waals surface area contributed by atoms with Crippen molar-refractivity contribution in [2.45, 2.75) is 26.2 Å². The van der Waals surface area contributed by atoms with Gasteiger partial charge in [0.25, 0.3) is 0 Å². The Morgan fingerprint density at radius 1 is 1.70 bits per heavy atom. The smallest absolute Gasteiger partial charge is 0.203 e. The predicted molar refractivity (Wildman–Crippen MR) is 51.3 cm³/mol. The molecule has 4 heteroatoms. The molecule has 0 bridgehead atoms. The van der Waals surface area contributed by atoms with E-state index in [1.165, 1.54) is 11.5 Å². The summed E-state index contributed by atoms with van der Waals surface area (Å²) >= 11 is 3.65. The molecule has 1 aromatic heterocycles. The summed E-state index contributed by atoms with van der Waals surface area (Å²) in [6.07, 6.45) is 1.14. The first-order valence-corrected chi connectivity index (χ1v) is 5.08. The lowest BCUT2D eigenvalue weighted by molar-refractivity contribution is 0.725. The summed E-state index contributed by atoms with van der Waals surface area (Å²) in [5, 5.41) is 1.16.